The monoisotopic (exact) mass is 214 g/mol. The molecule has 0 aromatic heterocycles. The van der Waals surface area contributed by atoms with Crippen LogP contribution in [0.3, 0.4) is 0 Å². The molecule has 90 valence electrons. The third kappa shape index (κ3) is 5.50. The summed E-state index contributed by atoms with van der Waals surface area (Å²) >= 11 is 0. The van der Waals surface area contributed by atoms with Crippen LogP contribution in [0.4, 0.5) is 0 Å². The van der Waals surface area contributed by atoms with Crippen LogP contribution >= 0.6 is 0 Å². The number of ether oxygens (including phenoxy) is 1. The van der Waals surface area contributed by atoms with Crippen molar-refractivity contribution in [2.24, 2.45) is 0 Å². The van der Waals surface area contributed by atoms with Gasteiger partial charge in [-0.2, -0.15) is 0 Å². The summed E-state index contributed by atoms with van der Waals surface area (Å²) < 4.78 is 5.34. The summed E-state index contributed by atoms with van der Waals surface area (Å²) in [6.07, 6.45) is 4.04. The molecule has 0 saturated carbocycles. The van der Waals surface area contributed by atoms with Crippen LogP contribution in [0.15, 0.2) is 0 Å². The van der Waals surface area contributed by atoms with Crippen LogP contribution in [-0.4, -0.2) is 50.3 Å². The minimum absolute atomic E-state index is 0.0341. The highest BCUT2D eigenvalue weighted by atomic mass is 16.5. The minimum atomic E-state index is -0.0341. The second-order valence-electron chi connectivity index (χ2n) is 5.04. The fourth-order valence-corrected chi connectivity index (χ4v) is 1.90. The smallest absolute Gasteiger partial charge is 0.0746 e. The van der Waals surface area contributed by atoms with E-state index in [2.05, 4.69) is 24.1 Å². The van der Waals surface area contributed by atoms with Gasteiger partial charge in [0.15, 0.2) is 0 Å². The highest BCUT2D eigenvalue weighted by Gasteiger charge is 2.15. The van der Waals surface area contributed by atoms with Gasteiger partial charge in [0.05, 0.1) is 5.60 Å². The summed E-state index contributed by atoms with van der Waals surface area (Å²) in [6, 6.07) is 0. The molecule has 1 fully saturated rings. The number of likely N-dealkylation sites (tertiary alicyclic amines) is 1. The van der Waals surface area contributed by atoms with Gasteiger partial charge in [0.2, 0.25) is 0 Å². The highest BCUT2D eigenvalue weighted by Crippen LogP contribution is 2.07. The Kier molecular flexibility index (Phi) is 5.58. The molecular weight excluding hydrogens is 188 g/mol. The standard InChI is InChI=1S/C12H26N2O/c1-12(2,15-3)11-13-7-6-10-14-8-4-5-9-14/h13H,4-11H2,1-3H3. The van der Waals surface area contributed by atoms with Gasteiger partial charge in [0.1, 0.15) is 0 Å². The van der Waals surface area contributed by atoms with Crippen LogP contribution in [-0.2, 0) is 4.74 Å². The fraction of sp³-hybridized carbons (Fsp3) is 1.00. The molecule has 0 atom stereocenters. The van der Waals surface area contributed by atoms with Crippen LogP contribution < -0.4 is 5.32 Å². The Hall–Kier alpha value is -0.120. The van der Waals surface area contributed by atoms with Gasteiger partial charge >= 0.3 is 0 Å². The normalized spacial score (nSPS) is 18.6. The quantitative estimate of drug-likeness (QED) is 0.650. The van der Waals surface area contributed by atoms with Gasteiger partial charge in [-0.1, -0.05) is 0 Å². The molecule has 1 N–H and O–H groups in total. The van der Waals surface area contributed by atoms with Crippen molar-refractivity contribution in [1.82, 2.24) is 10.2 Å². The summed E-state index contributed by atoms with van der Waals surface area (Å²) in [5, 5.41) is 3.45. The fourth-order valence-electron chi connectivity index (χ4n) is 1.90. The molecule has 0 amide bonds. The van der Waals surface area contributed by atoms with Crippen LogP contribution in [0, 0.1) is 0 Å². The van der Waals surface area contributed by atoms with E-state index >= 15 is 0 Å². The maximum absolute atomic E-state index is 5.34. The van der Waals surface area contributed by atoms with Gasteiger partial charge in [-0.05, 0) is 59.3 Å². The lowest BCUT2D eigenvalue weighted by atomic mass is 10.1. The van der Waals surface area contributed by atoms with Crippen molar-refractivity contribution in [1.29, 1.82) is 0 Å². The van der Waals surface area contributed by atoms with E-state index < -0.39 is 0 Å². The van der Waals surface area contributed by atoms with Crippen molar-refractivity contribution in [3.8, 4) is 0 Å². The first-order chi connectivity index (χ1) is 7.14. The molecule has 0 radical (unpaired) electrons. The predicted octanol–water partition coefficient (Wildman–Crippen LogP) is 1.49. The molecule has 0 unspecified atom stereocenters. The van der Waals surface area contributed by atoms with Crippen molar-refractivity contribution < 1.29 is 4.74 Å². The molecule has 1 aliphatic heterocycles. The molecule has 1 aliphatic rings. The molecule has 1 saturated heterocycles. The zero-order valence-electron chi connectivity index (χ0n) is 10.5. The molecule has 3 nitrogen and oxygen atoms in total. The maximum Gasteiger partial charge on any atom is 0.0746 e. The molecule has 0 bridgehead atoms. The lowest BCUT2D eigenvalue weighted by Crippen LogP contribution is -2.37. The first-order valence-corrected chi connectivity index (χ1v) is 6.12. The lowest BCUT2D eigenvalue weighted by molar-refractivity contribution is 0.0233. The van der Waals surface area contributed by atoms with Crippen molar-refractivity contribution in [3.05, 3.63) is 0 Å². The predicted molar refractivity (Wildman–Crippen MR) is 64.2 cm³/mol. The average molecular weight is 214 g/mol. The van der Waals surface area contributed by atoms with Crippen molar-refractivity contribution in [2.45, 2.75) is 38.7 Å². The van der Waals surface area contributed by atoms with Crippen molar-refractivity contribution in [2.75, 3.05) is 39.8 Å². The molecule has 3 heteroatoms. The number of hydrogen-bond donors (Lipinski definition) is 1. The van der Waals surface area contributed by atoms with E-state index in [4.69, 9.17) is 4.74 Å². The van der Waals surface area contributed by atoms with Gasteiger partial charge in [-0.15, -0.1) is 0 Å². The summed E-state index contributed by atoms with van der Waals surface area (Å²) in [5.74, 6) is 0. The van der Waals surface area contributed by atoms with Gasteiger partial charge in [-0.3, -0.25) is 0 Å². The zero-order chi connectivity index (χ0) is 11.1. The Labute approximate surface area is 94.2 Å². The lowest BCUT2D eigenvalue weighted by Gasteiger charge is -2.23. The first kappa shape index (κ1) is 12.9. The third-order valence-corrected chi connectivity index (χ3v) is 3.13. The van der Waals surface area contributed by atoms with Crippen LogP contribution in [0.1, 0.15) is 33.1 Å². The van der Waals surface area contributed by atoms with Crippen molar-refractivity contribution >= 4 is 0 Å². The van der Waals surface area contributed by atoms with Gasteiger partial charge < -0.3 is 15.0 Å². The molecule has 15 heavy (non-hydrogen) atoms. The van der Waals surface area contributed by atoms with E-state index in [1.54, 1.807) is 7.11 Å². The number of methoxy groups -OCH3 is 1. The molecule has 1 heterocycles. The largest absolute Gasteiger partial charge is 0.377 e. The molecule has 0 spiro atoms. The third-order valence-electron chi connectivity index (χ3n) is 3.13. The Bertz CT molecular complexity index is 165. The first-order valence-electron chi connectivity index (χ1n) is 6.12. The van der Waals surface area contributed by atoms with Crippen LogP contribution in [0.25, 0.3) is 0 Å². The Morgan fingerprint density at radius 3 is 2.53 bits per heavy atom. The summed E-state index contributed by atoms with van der Waals surface area (Å²) in [5.41, 5.74) is -0.0341. The Morgan fingerprint density at radius 1 is 1.27 bits per heavy atom. The maximum atomic E-state index is 5.34. The van der Waals surface area contributed by atoms with Gasteiger partial charge in [-0.25, -0.2) is 0 Å². The average Bonchev–Trinajstić information content (AvgIpc) is 2.70. The van der Waals surface area contributed by atoms with E-state index in [-0.39, 0.29) is 5.60 Å². The van der Waals surface area contributed by atoms with E-state index in [0.29, 0.717) is 0 Å². The van der Waals surface area contributed by atoms with Gasteiger partial charge in [0.25, 0.3) is 0 Å². The van der Waals surface area contributed by atoms with E-state index in [1.807, 2.05) is 0 Å². The highest BCUT2D eigenvalue weighted by molar-refractivity contribution is 4.71. The topological polar surface area (TPSA) is 24.5 Å². The van der Waals surface area contributed by atoms with Gasteiger partial charge in [0, 0.05) is 13.7 Å². The van der Waals surface area contributed by atoms with E-state index in [9.17, 15) is 0 Å². The Morgan fingerprint density at radius 2 is 1.93 bits per heavy atom. The SMILES string of the molecule is COC(C)(C)CNCCCN1CCCC1. The van der Waals surface area contributed by atoms with Crippen LogP contribution in [0.5, 0.6) is 0 Å². The summed E-state index contributed by atoms with van der Waals surface area (Å²) in [6.45, 7) is 10.1. The minimum Gasteiger partial charge on any atom is -0.377 e. The second-order valence-corrected chi connectivity index (χ2v) is 5.04. The summed E-state index contributed by atoms with van der Waals surface area (Å²) in [4.78, 5) is 2.56. The van der Waals surface area contributed by atoms with E-state index in [1.165, 1.54) is 38.9 Å². The molecule has 1 rings (SSSR count). The van der Waals surface area contributed by atoms with Crippen molar-refractivity contribution in [3.63, 3.8) is 0 Å². The number of nitrogens with zero attached hydrogens (tertiary/aromatic N) is 1. The molecule has 0 aromatic rings. The second kappa shape index (κ2) is 6.46. The van der Waals surface area contributed by atoms with Crippen LogP contribution in [0.2, 0.25) is 0 Å². The number of nitrogens with one attached hydrogen (secondary N) is 1. The molecule has 0 aliphatic carbocycles. The number of rotatable bonds is 7. The zero-order valence-corrected chi connectivity index (χ0v) is 10.5. The summed E-state index contributed by atoms with van der Waals surface area (Å²) in [7, 11) is 1.77. The number of hydrogen-bond acceptors (Lipinski definition) is 3. The molecule has 0 aromatic carbocycles. The van der Waals surface area contributed by atoms with E-state index in [0.717, 1.165) is 13.1 Å². The Balaban J connectivity index is 1.92. The molecular formula is C12H26N2O.